The van der Waals surface area contributed by atoms with Gasteiger partial charge < -0.3 is 15.2 Å². The Bertz CT molecular complexity index is 1140. The fourth-order valence-electron chi connectivity index (χ4n) is 5.49. The predicted molar refractivity (Wildman–Crippen MR) is 150 cm³/mol. The second kappa shape index (κ2) is 14.2. The van der Waals surface area contributed by atoms with E-state index in [0.29, 0.717) is 50.3 Å². The van der Waals surface area contributed by atoms with E-state index in [9.17, 15) is 22.7 Å². The minimum Gasteiger partial charge on any atom is -0.489 e. The summed E-state index contributed by atoms with van der Waals surface area (Å²) in [6, 6.07) is 16.3. The van der Waals surface area contributed by atoms with E-state index in [0.717, 1.165) is 24.8 Å². The van der Waals surface area contributed by atoms with Crippen LogP contribution in [0.3, 0.4) is 0 Å². The van der Waals surface area contributed by atoms with Crippen molar-refractivity contribution in [2.24, 2.45) is 0 Å². The lowest BCUT2D eigenvalue weighted by molar-refractivity contribution is -0.122. The molecule has 1 amide bonds. The highest BCUT2D eigenvalue weighted by Crippen LogP contribution is 2.26. The fraction of sp³-hybridized carbons (Fsp3) is 0.567. The largest absolute Gasteiger partial charge is 0.489 e. The number of rotatable bonds is 13. The van der Waals surface area contributed by atoms with Gasteiger partial charge in [-0.05, 0) is 48.9 Å². The summed E-state index contributed by atoms with van der Waals surface area (Å²) >= 11 is 0. The molecular formula is C30H41FN2O5S. The molecule has 39 heavy (non-hydrogen) atoms. The zero-order valence-corrected chi connectivity index (χ0v) is 23.3. The van der Waals surface area contributed by atoms with Gasteiger partial charge >= 0.3 is 0 Å². The molecule has 1 aliphatic heterocycles. The number of alkyl halides is 1. The van der Waals surface area contributed by atoms with Crippen LogP contribution in [-0.2, 0) is 21.2 Å². The number of aliphatic hydroxyl groups excluding tert-OH is 1. The molecule has 0 unspecified atom stereocenters. The molecule has 9 heteroatoms. The molecule has 214 valence electrons. The molecule has 2 aliphatic rings. The van der Waals surface area contributed by atoms with Crippen molar-refractivity contribution in [1.82, 2.24) is 10.2 Å². The number of aliphatic hydroxyl groups is 1. The third-order valence-electron chi connectivity index (χ3n) is 7.76. The zero-order valence-electron chi connectivity index (χ0n) is 22.5. The third kappa shape index (κ3) is 9.01. The van der Waals surface area contributed by atoms with Crippen LogP contribution < -0.4 is 10.1 Å². The van der Waals surface area contributed by atoms with E-state index in [-0.39, 0.29) is 36.3 Å². The first-order chi connectivity index (χ1) is 18.8. The molecule has 1 aliphatic carbocycles. The summed E-state index contributed by atoms with van der Waals surface area (Å²) in [5.74, 6) is 0.351. The molecular weight excluding hydrogens is 519 g/mol. The highest BCUT2D eigenvalue weighted by Gasteiger charge is 2.30. The first-order valence-electron chi connectivity index (χ1n) is 14.1. The molecule has 2 aromatic carbocycles. The Morgan fingerprint density at radius 3 is 2.44 bits per heavy atom. The number of hydrogen-bond acceptors (Lipinski definition) is 6. The van der Waals surface area contributed by atoms with Crippen LogP contribution in [0, 0.1) is 0 Å². The van der Waals surface area contributed by atoms with Crippen LogP contribution >= 0.6 is 0 Å². The van der Waals surface area contributed by atoms with Crippen molar-refractivity contribution in [3.05, 3.63) is 65.7 Å². The number of amides is 1. The average molecular weight is 561 g/mol. The first-order valence-corrected chi connectivity index (χ1v) is 15.8. The Morgan fingerprint density at radius 1 is 1.05 bits per heavy atom. The molecule has 7 nitrogen and oxygen atoms in total. The lowest BCUT2D eigenvalue weighted by Crippen LogP contribution is -2.47. The standard InChI is InChI=1S/C30H41FN2O5S/c31-25-17-18-33(20-25)21-28(32-29(34)12-7-19-39(36,37)27-10-5-2-6-11-27)30(35)24-13-15-26(16-14-24)38-22-23-8-3-1-4-9-23/h1,3-4,8-9,13-16,25,27-28,30,35H,2,5-7,10-12,17-22H2,(H,32,34)/t25-,28-,30-/m1/s1. The molecule has 1 heterocycles. The van der Waals surface area contributed by atoms with Gasteiger partial charge in [0.05, 0.1) is 17.0 Å². The smallest absolute Gasteiger partial charge is 0.220 e. The summed E-state index contributed by atoms with van der Waals surface area (Å²) in [5, 5.41) is 13.8. The van der Waals surface area contributed by atoms with Crippen LogP contribution in [0.2, 0.25) is 0 Å². The van der Waals surface area contributed by atoms with Gasteiger partial charge in [-0.1, -0.05) is 61.7 Å². The summed E-state index contributed by atoms with van der Waals surface area (Å²) < 4.78 is 45.0. The minimum atomic E-state index is -3.21. The maximum absolute atomic E-state index is 13.8. The van der Waals surface area contributed by atoms with Crippen molar-refractivity contribution >= 4 is 15.7 Å². The maximum Gasteiger partial charge on any atom is 0.220 e. The number of nitrogens with one attached hydrogen (secondary N) is 1. The predicted octanol–water partition coefficient (Wildman–Crippen LogP) is 4.36. The highest BCUT2D eigenvalue weighted by molar-refractivity contribution is 7.92. The molecule has 3 atom stereocenters. The Morgan fingerprint density at radius 2 is 1.77 bits per heavy atom. The number of sulfone groups is 1. The number of halogens is 1. The number of carbonyl (C=O) groups excluding carboxylic acids is 1. The van der Waals surface area contributed by atoms with Crippen molar-refractivity contribution in [3.63, 3.8) is 0 Å². The summed E-state index contributed by atoms with van der Waals surface area (Å²) in [7, 11) is -3.21. The first kappa shape index (κ1) is 29.5. The number of hydrogen-bond donors (Lipinski definition) is 2. The van der Waals surface area contributed by atoms with Gasteiger partial charge in [0.25, 0.3) is 0 Å². The van der Waals surface area contributed by atoms with Crippen LogP contribution in [0.15, 0.2) is 54.6 Å². The SMILES string of the molecule is O=C(CCCS(=O)(=O)C1CCCCC1)N[C@H](CN1CC[C@@H](F)C1)[C@H](O)c1ccc(OCc2ccccc2)cc1. The monoisotopic (exact) mass is 560 g/mol. The Labute approximate surface area is 231 Å². The number of ether oxygens (including phenoxy) is 1. The van der Waals surface area contributed by atoms with Gasteiger partial charge in [-0.15, -0.1) is 0 Å². The molecule has 0 bridgehead atoms. The van der Waals surface area contributed by atoms with Gasteiger partial charge in [0.15, 0.2) is 9.84 Å². The maximum atomic E-state index is 13.8. The normalized spacial score (nSPS) is 20.4. The van der Waals surface area contributed by atoms with E-state index in [4.69, 9.17) is 4.74 Å². The van der Waals surface area contributed by atoms with Crippen LogP contribution in [0.25, 0.3) is 0 Å². The number of likely N-dealkylation sites (tertiary alicyclic amines) is 1. The van der Waals surface area contributed by atoms with Gasteiger partial charge in [-0.25, -0.2) is 12.8 Å². The quantitative estimate of drug-likeness (QED) is 0.378. The van der Waals surface area contributed by atoms with Gasteiger partial charge in [0, 0.05) is 26.1 Å². The van der Waals surface area contributed by atoms with Crippen molar-refractivity contribution in [2.45, 2.75) is 81.5 Å². The second-order valence-electron chi connectivity index (χ2n) is 10.8. The summed E-state index contributed by atoms with van der Waals surface area (Å²) in [5.41, 5.74) is 1.66. The molecule has 2 fully saturated rings. The molecule has 0 aromatic heterocycles. The fourth-order valence-corrected chi connectivity index (χ4v) is 7.42. The zero-order chi connectivity index (χ0) is 27.7. The van der Waals surface area contributed by atoms with Gasteiger partial charge in [-0.3, -0.25) is 9.69 Å². The van der Waals surface area contributed by atoms with Gasteiger partial charge in [0.2, 0.25) is 5.91 Å². The molecule has 4 rings (SSSR count). The van der Waals surface area contributed by atoms with Crippen molar-refractivity contribution in [2.75, 3.05) is 25.4 Å². The van der Waals surface area contributed by atoms with Crippen molar-refractivity contribution in [1.29, 1.82) is 0 Å². The molecule has 0 spiro atoms. The highest BCUT2D eigenvalue weighted by atomic mass is 32.2. The lowest BCUT2D eigenvalue weighted by Gasteiger charge is -2.29. The minimum absolute atomic E-state index is 0.00158. The Hall–Kier alpha value is -2.49. The lowest BCUT2D eigenvalue weighted by atomic mass is 10.0. The van der Waals surface area contributed by atoms with E-state index in [1.165, 1.54) is 0 Å². The van der Waals surface area contributed by atoms with Gasteiger partial charge in [0.1, 0.15) is 24.6 Å². The van der Waals surface area contributed by atoms with Crippen molar-refractivity contribution in [3.8, 4) is 5.75 Å². The van der Waals surface area contributed by atoms with Gasteiger partial charge in [-0.2, -0.15) is 0 Å². The Balaban J connectivity index is 1.33. The third-order valence-corrected chi connectivity index (χ3v) is 10.1. The van der Waals surface area contributed by atoms with Crippen LogP contribution in [0.5, 0.6) is 5.75 Å². The molecule has 1 saturated heterocycles. The molecule has 2 aromatic rings. The molecule has 2 N–H and O–H groups in total. The topological polar surface area (TPSA) is 95.9 Å². The van der Waals surface area contributed by atoms with E-state index in [1.807, 2.05) is 35.2 Å². The summed E-state index contributed by atoms with van der Waals surface area (Å²) in [6.45, 7) is 1.56. The molecule has 1 saturated carbocycles. The number of nitrogens with zero attached hydrogens (tertiary/aromatic N) is 1. The van der Waals surface area contributed by atoms with Crippen LogP contribution in [-0.4, -0.2) is 67.2 Å². The number of benzene rings is 2. The van der Waals surface area contributed by atoms with E-state index in [1.54, 1.807) is 24.3 Å². The van der Waals surface area contributed by atoms with Crippen LogP contribution in [0.4, 0.5) is 4.39 Å². The van der Waals surface area contributed by atoms with E-state index in [2.05, 4.69) is 5.32 Å². The van der Waals surface area contributed by atoms with Crippen LogP contribution in [0.1, 0.15) is 68.6 Å². The van der Waals surface area contributed by atoms with E-state index < -0.39 is 28.2 Å². The van der Waals surface area contributed by atoms with Crippen molar-refractivity contribution < 1.29 is 27.4 Å². The summed E-state index contributed by atoms with van der Waals surface area (Å²) in [6.07, 6.45) is 3.22. The van der Waals surface area contributed by atoms with E-state index >= 15 is 0 Å². The Kier molecular flexibility index (Phi) is 10.8. The second-order valence-corrected chi connectivity index (χ2v) is 13.2. The average Bonchev–Trinajstić information content (AvgIpc) is 3.36. The summed E-state index contributed by atoms with van der Waals surface area (Å²) in [4.78, 5) is 14.7. The number of carbonyl (C=O) groups is 1. The molecule has 0 radical (unpaired) electrons.